The predicted molar refractivity (Wildman–Crippen MR) is 39.4 cm³/mol. The van der Waals surface area contributed by atoms with Gasteiger partial charge in [-0.2, -0.15) is 0 Å². The minimum absolute atomic E-state index is 0.824. The summed E-state index contributed by atoms with van der Waals surface area (Å²) in [6.07, 6.45) is 0. The van der Waals surface area contributed by atoms with Gasteiger partial charge in [0.15, 0.2) is 0 Å². The van der Waals surface area contributed by atoms with Crippen LogP contribution in [0.5, 0.6) is 0 Å². The van der Waals surface area contributed by atoms with Gasteiger partial charge in [0, 0.05) is 11.8 Å². The van der Waals surface area contributed by atoms with Gasteiger partial charge in [-0.05, 0) is 0 Å². The zero-order valence-corrected chi connectivity index (χ0v) is 7.40. The highest BCUT2D eigenvalue weighted by Gasteiger charge is 2.56. The maximum absolute atomic E-state index is 10.9. The molecule has 0 aromatic carbocycles. The smallest absolute Gasteiger partial charge is 0.407 e. The number of hydrogen-bond acceptors (Lipinski definition) is 6. The molecule has 0 aliphatic rings. The molecule has 0 aliphatic carbocycles. The number of nitro groups is 1. The van der Waals surface area contributed by atoms with E-state index in [2.05, 4.69) is 9.47 Å². The van der Waals surface area contributed by atoms with Crippen LogP contribution in [0.15, 0.2) is 0 Å². The van der Waals surface area contributed by atoms with E-state index in [-0.39, 0.29) is 0 Å². The van der Waals surface area contributed by atoms with Gasteiger partial charge in [0.2, 0.25) is 0 Å². The first kappa shape index (κ1) is 11.3. The Bertz CT molecular complexity index is 232. The van der Waals surface area contributed by atoms with E-state index >= 15 is 0 Å². The normalized spacial score (nSPS) is 10.4. The highest BCUT2D eigenvalue weighted by atomic mass is 16.7. The molecule has 0 radical (unpaired) electrons. The maximum atomic E-state index is 10.9. The second kappa shape index (κ2) is 3.83. The summed E-state index contributed by atoms with van der Waals surface area (Å²) in [5.74, 6) is -2.52. The topological polar surface area (TPSA) is 95.7 Å². The summed E-state index contributed by atoms with van der Waals surface area (Å²) >= 11 is 0. The lowest BCUT2D eigenvalue weighted by Gasteiger charge is -2.14. The van der Waals surface area contributed by atoms with E-state index in [1.165, 1.54) is 0 Å². The SMILES string of the molecule is COC(=O)C(C)(C(=O)OC)[N+](=O)[O-]. The molecule has 0 aromatic heterocycles. The fourth-order valence-corrected chi connectivity index (χ4v) is 0.630. The first-order chi connectivity index (χ1) is 5.91. The van der Waals surface area contributed by atoms with Gasteiger partial charge in [0.05, 0.1) is 14.2 Å². The van der Waals surface area contributed by atoms with Crippen molar-refractivity contribution in [1.82, 2.24) is 0 Å². The van der Waals surface area contributed by atoms with Gasteiger partial charge < -0.3 is 9.47 Å². The Morgan fingerprint density at radius 1 is 1.23 bits per heavy atom. The van der Waals surface area contributed by atoms with Gasteiger partial charge in [-0.3, -0.25) is 10.1 Å². The van der Waals surface area contributed by atoms with Crippen LogP contribution in [0, 0.1) is 10.1 Å². The van der Waals surface area contributed by atoms with Crippen LogP contribution < -0.4 is 0 Å². The summed E-state index contributed by atoms with van der Waals surface area (Å²) < 4.78 is 8.24. The number of ether oxygens (including phenoxy) is 2. The lowest BCUT2D eigenvalue weighted by Crippen LogP contribution is -2.52. The largest absolute Gasteiger partial charge is 0.463 e. The molecule has 0 bridgehead atoms. The van der Waals surface area contributed by atoms with Crippen molar-refractivity contribution in [2.45, 2.75) is 12.5 Å². The van der Waals surface area contributed by atoms with Crippen molar-refractivity contribution in [3.63, 3.8) is 0 Å². The minimum atomic E-state index is -2.48. The van der Waals surface area contributed by atoms with E-state index in [1.807, 2.05) is 0 Å². The zero-order chi connectivity index (χ0) is 10.6. The van der Waals surface area contributed by atoms with Crippen molar-refractivity contribution in [2.24, 2.45) is 0 Å². The summed E-state index contributed by atoms with van der Waals surface area (Å²) in [6, 6.07) is 0. The number of esters is 2. The third-order valence-electron chi connectivity index (χ3n) is 1.53. The lowest BCUT2D eigenvalue weighted by atomic mass is 10.1. The van der Waals surface area contributed by atoms with Crippen molar-refractivity contribution >= 4 is 11.9 Å². The summed E-state index contributed by atoms with van der Waals surface area (Å²) in [5.41, 5.74) is -2.48. The molecule has 0 atom stereocenters. The fraction of sp³-hybridized carbons (Fsp3) is 0.667. The molecule has 0 aromatic rings. The Morgan fingerprint density at radius 2 is 1.54 bits per heavy atom. The van der Waals surface area contributed by atoms with E-state index in [0.29, 0.717) is 0 Å². The Balaban J connectivity index is 5.06. The number of rotatable bonds is 3. The van der Waals surface area contributed by atoms with Crippen LogP contribution in [0.4, 0.5) is 0 Å². The maximum Gasteiger partial charge on any atom is 0.407 e. The Morgan fingerprint density at radius 3 is 1.69 bits per heavy atom. The first-order valence-electron chi connectivity index (χ1n) is 3.22. The Hall–Kier alpha value is -1.66. The molecule has 0 spiro atoms. The molecule has 7 heteroatoms. The van der Waals surface area contributed by atoms with E-state index in [4.69, 9.17) is 0 Å². The van der Waals surface area contributed by atoms with Crippen LogP contribution >= 0.6 is 0 Å². The van der Waals surface area contributed by atoms with Crippen LogP contribution in [-0.4, -0.2) is 36.6 Å². The van der Waals surface area contributed by atoms with Crippen molar-refractivity contribution in [3.05, 3.63) is 10.1 Å². The lowest BCUT2D eigenvalue weighted by molar-refractivity contribution is -0.536. The molecular formula is C6H9NO6. The van der Waals surface area contributed by atoms with Crippen molar-refractivity contribution in [2.75, 3.05) is 14.2 Å². The van der Waals surface area contributed by atoms with Gasteiger partial charge >= 0.3 is 17.5 Å². The van der Waals surface area contributed by atoms with Crippen LogP contribution in [0.3, 0.4) is 0 Å². The number of methoxy groups -OCH3 is 2. The third-order valence-corrected chi connectivity index (χ3v) is 1.53. The summed E-state index contributed by atoms with van der Waals surface area (Å²) in [7, 11) is 1.90. The Labute approximate surface area is 73.8 Å². The van der Waals surface area contributed by atoms with Crippen molar-refractivity contribution in [3.8, 4) is 0 Å². The van der Waals surface area contributed by atoms with Crippen LogP contribution in [0.25, 0.3) is 0 Å². The van der Waals surface area contributed by atoms with Gasteiger partial charge in [-0.25, -0.2) is 9.59 Å². The zero-order valence-electron chi connectivity index (χ0n) is 7.40. The van der Waals surface area contributed by atoms with Gasteiger partial charge in [-0.15, -0.1) is 0 Å². The van der Waals surface area contributed by atoms with Crippen LogP contribution in [-0.2, 0) is 19.1 Å². The Kier molecular flexibility index (Phi) is 3.34. The van der Waals surface area contributed by atoms with Gasteiger partial charge in [0.25, 0.3) is 0 Å². The second-order valence-corrected chi connectivity index (χ2v) is 2.31. The quantitative estimate of drug-likeness (QED) is 0.255. The molecule has 74 valence electrons. The molecule has 0 saturated carbocycles. The van der Waals surface area contributed by atoms with E-state index in [9.17, 15) is 19.7 Å². The summed E-state index contributed by atoms with van der Waals surface area (Å²) in [6.45, 7) is 0.824. The molecule has 0 fully saturated rings. The van der Waals surface area contributed by atoms with E-state index < -0.39 is 22.4 Å². The van der Waals surface area contributed by atoms with Gasteiger partial charge in [0.1, 0.15) is 0 Å². The van der Waals surface area contributed by atoms with E-state index in [1.54, 1.807) is 0 Å². The molecule has 0 N–H and O–H groups in total. The van der Waals surface area contributed by atoms with Crippen molar-refractivity contribution < 1.29 is 24.0 Å². The number of carbonyl (C=O) groups excluding carboxylic acids is 2. The minimum Gasteiger partial charge on any atom is -0.463 e. The van der Waals surface area contributed by atoms with E-state index in [0.717, 1.165) is 21.1 Å². The number of carbonyl (C=O) groups is 2. The second-order valence-electron chi connectivity index (χ2n) is 2.31. The molecule has 7 nitrogen and oxygen atoms in total. The predicted octanol–water partition coefficient (Wildman–Crippen LogP) is -0.632. The molecule has 0 heterocycles. The fourth-order valence-electron chi connectivity index (χ4n) is 0.630. The highest BCUT2D eigenvalue weighted by molar-refractivity contribution is 6.02. The standard InChI is InChI=1S/C6H9NO6/c1-6(7(10)11,4(8)12-2)5(9)13-3/h1-3H3. The molecule has 0 rings (SSSR count). The average molecular weight is 191 g/mol. The highest BCUT2D eigenvalue weighted by Crippen LogP contribution is 2.13. The summed E-state index contributed by atoms with van der Waals surface area (Å²) in [4.78, 5) is 31.2. The first-order valence-corrected chi connectivity index (χ1v) is 3.22. The van der Waals surface area contributed by atoms with Crippen molar-refractivity contribution in [1.29, 1.82) is 0 Å². The van der Waals surface area contributed by atoms with Crippen LogP contribution in [0.2, 0.25) is 0 Å². The number of hydrogen-bond donors (Lipinski definition) is 0. The molecular weight excluding hydrogens is 182 g/mol. The molecule has 0 amide bonds. The van der Waals surface area contributed by atoms with Crippen LogP contribution in [0.1, 0.15) is 6.92 Å². The molecule has 0 saturated heterocycles. The monoisotopic (exact) mass is 191 g/mol. The molecule has 0 aliphatic heterocycles. The third kappa shape index (κ3) is 1.74. The van der Waals surface area contributed by atoms with Gasteiger partial charge in [-0.1, -0.05) is 0 Å². The number of nitrogens with zero attached hydrogens (tertiary/aromatic N) is 1. The molecule has 13 heavy (non-hydrogen) atoms. The molecule has 0 unspecified atom stereocenters. The average Bonchev–Trinajstić information content (AvgIpc) is 2.13. The summed E-state index contributed by atoms with van der Waals surface area (Å²) in [5, 5.41) is 10.4.